The van der Waals surface area contributed by atoms with E-state index in [2.05, 4.69) is 43.5 Å². The van der Waals surface area contributed by atoms with E-state index in [4.69, 9.17) is 4.98 Å². The minimum absolute atomic E-state index is 0.667. The van der Waals surface area contributed by atoms with Gasteiger partial charge >= 0.3 is 0 Å². The van der Waals surface area contributed by atoms with Gasteiger partial charge in [-0.15, -0.1) is 0 Å². The van der Waals surface area contributed by atoms with Gasteiger partial charge in [-0.1, -0.05) is 12.5 Å². The molecule has 1 aliphatic carbocycles. The first-order valence-electron chi connectivity index (χ1n) is 7.46. The molecule has 0 saturated heterocycles. The summed E-state index contributed by atoms with van der Waals surface area (Å²) in [6.45, 7) is 6.49. The second-order valence-electron chi connectivity index (χ2n) is 5.94. The van der Waals surface area contributed by atoms with Crippen LogP contribution in [0, 0.1) is 20.8 Å². The lowest BCUT2D eigenvalue weighted by Gasteiger charge is -2.20. The highest BCUT2D eigenvalue weighted by Crippen LogP contribution is 2.26. The Balaban J connectivity index is 2.22. The number of aromatic nitrogens is 2. The summed E-state index contributed by atoms with van der Waals surface area (Å²) in [5.41, 5.74) is 6.25. The van der Waals surface area contributed by atoms with Gasteiger partial charge in [-0.05, 0) is 38.3 Å². The number of hydrogen-bond donors (Lipinski definition) is 0. The molecule has 1 aromatic carbocycles. The molecular formula is C17H23N2+. The topological polar surface area (TPSA) is 16.8 Å². The van der Waals surface area contributed by atoms with Gasteiger partial charge in [-0.3, -0.25) is 0 Å². The first kappa shape index (κ1) is 12.6. The number of benzene rings is 1. The number of hydrogen-bond acceptors (Lipinski definition) is 1. The van der Waals surface area contributed by atoms with Crippen molar-refractivity contribution in [1.82, 2.24) is 4.98 Å². The van der Waals surface area contributed by atoms with Crippen LogP contribution in [0.4, 0.5) is 0 Å². The number of aryl methyl sites for hydroxylation is 2. The van der Waals surface area contributed by atoms with Gasteiger partial charge in [0.05, 0.1) is 0 Å². The third kappa shape index (κ3) is 2.24. The minimum Gasteiger partial charge on any atom is -0.240 e. The van der Waals surface area contributed by atoms with E-state index in [1.807, 2.05) is 0 Å². The Morgan fingerprint density at radius 1 is 1.05 bits per heavy atom. The zero-order valence-electron chi connectivity index (χ0n) is 12.2. The number of nitrogens with zero attached hydrogens (tertiary/aromatic N) is 2. The van der Waals surface area contributed by atoms with Crippen molar-refractivity contribution in [2.45, 2.75) is 58.9 Å². The molecule has 19 heavy (non-hydrogen) atoms. The van der Waals surface area contributed by atoms with Crippen LogP contribution in [0.3, 0.4) is 0 Å². The van der Waals surface area contributed by atoms with Crippen LogP contribution in [0.2, 0.25) is 0 Å². The molecule has 1 saturated carbocycles. The van der Waals surface area contributed by atoms with Crippen LogP contribution in [-0.2, 0) is 0 Å². The number of fused-ring (bicyclic) bond motifs is 1. The molecular weight excluding hydrogens is 232 g/mol. The number of rotatable bonds is 1. The van der Waals surface area contributed by atoms with Gasteiger partial charge < -0.3 is 0 Å². The normalized spacial score (nSPS) is 17.0. The zero-order chi connectivity index (χ0) is 13.4. The molecule has 0 aliphatic heterocycles. The van der Waals surface area contributed by atoms with E-state index >= 15 is 0 Å². The van der Waals surface area contributed by atoms with Gasteiger partial charge in [0.2, 0.25) is 5.52 Å². The molecule has 0 atom stereocenters. The first-order chi connectivity index (χ1) is 9.16. The molecule has 0 N–H and O–H groups in total. The van der Waals surface area contributed by atoms with E-state index in [0.717, 1.165) is 5.52 Å². The Kier molecular flexibility index (Phi) is 3.26. The summed E-state index contributed by atoms with van der Waals surface area (Å²) in [7, 11) is 0. The summed E-state index contributed by atoms with van der Waals surface area (Å²) in [4.78, 5) is 4.77. The van der Waals surface area contributed by atoms with Crippen molar-refractivity contribution in [1.29, 1.82) is 0 Å². The quantitative estimate of drug-likeness (QED) is 0.705. The third-order valence-corrected chi connectivity index (χ3v) is 4.50. The molecule has 0 amide bonds. The van der Waals surface area contributed by atoms with Crippen molar-refractivity contribution in [2.75, 3.05) is 0 Å². The average molecular weight is 255 g/mol. The van der Waals surface area contributed by atoms with Crippen LogP contribution >= 0.6 is 0 Å². The molecule has 0 unspecified atom stereocenters. The van der Waals surface area contributed by atoms with Crippen molar-refractivity contribution in [3.05, 3.63) is 35.2 Å². The van der Waals surface area contributed by atoms with E-state index < -0.39 is 0 Å². The highest BCUT2D eigenvalue weighted by atomic mass is 15.0. The summed E-state index contributed by atoms with van der Waals surface area (Å²) >= 11 is 0. The van der Waals surface area contributed by atoms with Gasteiger partial charge in [-0.2, -0.15) is 4.57 Å². The van der Waals surface area contributed by atoms with Crippen LogP contribution in [-0.4, -0.2) is 4.98 Å². The van der Waals surface area contributed by atoms with Crippen molar-refractivity contribution in [3.63, 3.8) is 0 Å². The Hall–Kier alpha value is -1.44. The van der Waals surface area contributed by atoms with Crippen molar-refractivity contribution in [2.24, 2.45) is 0 Å². The van der Waals surface area contributed by atoms with Crippen LogP contribution in [0.1, 0.15) is 55.1 Å². The molecule has 1 fully saturated rings. The Bertz CT molecular complexity index is 610. The summed E-state index contributed by atoms with van der Waals surface area (Å²) in [5, 5.41) is 0. The molecule has 2 aromatic rings. The van der Waals surface area contributed by atoms with Crippen LogP contribution in [0.25, 0.3) is 11.0 Å². The van der Waals surface area contributed by atoms with Crippen LogP contribution in [0.5, 0.6) is 0 Å². The maximum absolute atomic E-state index is 4.77. The first-order valence-corrected chi connectivity index (χ1v) is 7.46. The molecule has 2 nitrogen and oxygen atoms in total. The largest absolute Gasteiger partial charge is 0.240 e. The molecule has 3 rings (SSSR count). The predicted octanol–water partition coefficient (Wildman–Crippen LogP) is 3.95. The summed E-state index contributed by atoms with van der Waals surface area (Å²) in [6, 6.07) is 7.33. The van der Waals surface area contributed by atoms with E-state index in [9.17, 15) is 0 Å². The summed E-state index contributed by atoms with van der Waals surface area (Å²) in [6.07, 6.45) is 6.77. The van der Waals surface area contributed by atoms with Crippen molar-refractivity contribution < 1.29 is 4.57 Å². The smallest absolute Gasteiger partial charge is 0.231 e. The molecule has 100 valence electrons. The maximum Gasteiger partial charge on any atom is 0.231 e. The van der Waals surface area contributed by atoms with Gasteiger partial charge in [0.15, 0.2) is 11.7 Å². The van der Waals surface area contributed by atoms with Gasteiger partial charge in [-0.25, -0.2) is 4.98 Å². The molecule has 2 heteroatoms. The fourth-order valence-electron chi connectivity index (χ4n) is 3.35. The minimum atomic E-state index is 0.667. The molecule has 0 spiro atoms. The monoisotopic (exact) mass is 255 g/mol. The SMILES string of the molecule is Cc1ccc2c(c1)nc(C)c(C)[n+]2C1CCCCC1. The molecule has 0 bridgehead atoms. The third-order valence-electron chi connectivity index (χ3n) is 4.50. The lowest BCUT2D eigenvalue weighted by Crippen LogP contribution is -2.45. The van der Waals surface area contributed by atoms with E-state index in [-0.39, 0.29) is 0 Å². The van der Waals surface area contributed by atoms with Gasteiger partial charge in [0.1, 0.15) is 11.2 Å². The molecule has 1 heterocycles. The van der Waals surface area contributed by atoms with Crippen LogP contribution in [0.15, 0.2) is 18.2 Å². The maximum atomic E-state index is 4.77. The van der Waals surface area contributed by atoms with Crippen LogP contribution < -0.4 is 4.57 Å². The molecule has 0 radical (unpaired) electrons. The highest BCUT2D eigenvalue weighted by Gasteiger charge is 2.27. The Morgan fingerprint density at radius 3 is 2.53 bits per heavy atom. The lowest BCUT2D eigenvalue weighted by atomic mass is 9.94. The fraction of sp³-hybridized carbons (Fsp3) is 0.529. The van der Waals surface area contributed by atoms with E-state index in [1.54, 1.807) is 0 Å². The lowest BCUT2D eigenvalue weighted by molar-refractivity contribution is -0.707. The predicted molar refractivity (Wildman–Crippen MR) is 78.3 cm³/mol. The van der Waals surface area contributed by atoms with Crippen molar-refractivity contribution in [3.8, 4) is 0 Å². The second-order valence-corrected chi connectivity index (χ2v) is 5.94. The standard InChI is InChI=1S/C17H23N2/c1-12-9-10-17-16(11-12)18-13(2)14(3)19(17)15-7-5-4-6-8-15/h9-11,15H,4-8H2,1-3H3/q+1. The molecule has 1 aromatic heterocycles. The summed E-state index contributed by atoms with van der Waals surface area (Å²) < 4.78 is 2.55. The van der Waals surface area contributed by atoms with E-state index in [0.29, 0.717) is 6.04 Å². The highest BCUT2D eigenvalue weighted by molar-refractivity contribution is 5.72. The Labute approximate surface area is 115 Å². The average Bonchev–Trinajstić information content (AvgIpc) is 2.41. The van der Waals surface area contributed by atoms with E-state index in [1.165, 1.54) is 54.6 Å². The fourth-order valence-corrected chi connectivity index (χ4v) is 3.35. The summed E-state index contributed by atoms with van der Waals surface area (Å²) in [5.74, 6) is 0. The second kappa shape index (κ2) is 4.92. The van der Waals surface area contributed by atoms with Gasteiger partial charge in [0, 0.05) is 25.8 Å². The van der Waals surface area contributed by atoms with Crippen molar-refractivity contribution >= 4 is 11.0 Å². The Morgan fingerprint density at radius 2 is 1.79 bits per heavy atom. The van der Waals surface area contributed by atoms with Gasteiger partial charge in [0.25, 0.3) is 0 Å². The molecule has 1 aliphatic rings. The zero-order valence-corrected chi connectivity index (χ0v) is 12.2.